The maximum Gasteiger partial charge on any atom is 0.416 e. The summed E-state index contributed by atoms with van der Waals surface area (Å²) < 4.78 is 90.2. The van der Waals surface area contributed by atoms with Gasteiger partial charge in [-0.1, -0.05) is 108 Å². The van der Waals surface area contributed by atoms with E-state index >= 15 is 0 Å². The van der Waals surface area contributed by atoms with E-state index in [1.54, 1.807) is 0 Å². The molecule has 9 heteroatoms. The van der Waals surface area contributed by atoms with Crippen molar-refractivity contribution in [2.24, 2.45) is 0 Å². The van der Waals surface area contributed by atoms with Gasteiger partial charge in [0.25, 0.3) is 0 Å². The molecule has 10 aromatic rings. The van der Waals surface area contributed by atoms with Gasteiger partial charge in [0.1, 0.15) is 11.6 Å². The lowest BCUT2D eigenvalue weighted by molar-refractivity contribution is -0.143. The standard InChI is InChI=1S/C53H33F6N3/c1-31-9-7-11-33(21-31)35-17-19-48-43(25-35)41-13-3-5-15-46(41)61(48)50-27-38(37-23-39(52(54,55)56)29-40(24-37)53(57,58)59)28-51(45(50)30-60)62-47-16-6-4-14-42(47)44-26-36(18-20-49(44)62)34-12-8-10-32(2)22-34/h3-29H,1-2H3. The summed E-state index contributed by atoms with van der Waals surface area (Å²) in [4.78, 5) is 0. The van der Waals surface area contributed by atoms with Crippen LogP contribution in [0.4, 0.5) is 26.3 Å². The Bertz CT molecular complexity index is 3270. The van der Waals surface area contributed by atoms with Crippen molar-refractivity contribution in [1.29, 1.82) is 5.26 Å². The Morgan fingerprint density at radius 1 is 0.387 bits per heavy atom. The molecule has 8 aromatic carbocycles. The van der Waals surface area contributed by atoms with Crippen LogP contribution in [0.15, 0.2) is 164 Å². The van der Waals surface area contributed by atoms with Crippen molar-refractivity contribution in [1.82, 2.24) is 9.13 Å². The van der Waals surface area contributed by atoms with Gasteiger partial charge < -0.3 is 9.13 Å². The number of aryl methyl sites for hydroxylation is 2. The summed E-state index contributed by atoms with van der Waals surface area (Å²) in [5, 5.41) is 14.7. The van der Waals surface area contributed by atoms with E-state index in [1.165, 1.54) is 12.1 Å². The van der Waals surface area contributed by atoms with Crippen LogP contribution < -0.4 is 0 Å². The van der Waals surface area contributed by atoms with Crippen LogP contribution in [0.1, 0.15) is 27.8 Å². The average molecular weight is 826 g/mol. The van der Waals surface area contributed by atoms with Crippen LogP contribution in [-0.4, -0.2) is 9.13 Å². The number of benzene rings is 8. The fourth-order valence-electron chi connectivity index (χ4n) is 8.84. The van der Waals surface area contributed by atoms with Crippen LogP contribution in [0.5, 0.6) is 0 Å². The topological polar surface area (TPSA) is 33.6 Å². The van der Waals surface area contributed by atoms with Gasteiger partial charge in [-0.15, -0.1) is 0 Å². The lowest BCUT2D eigenvalue weighted by atomic mass is 9.96. The number of halogens is 6. The highest BCUT2D eigenvalue weighted by Crippen LogP contribution is 2.44. The van der Waals surface area contributed by atoms with Crippen molar-refractivity contribution in [2.45, 2.75) is 26.2 Å². The Morgan fingerprint density at radius 2 is 0.790 bits per heavy atom. The molecule has 2 aromatic heterocycles. The predicted octanol–water partition coefficient (Wildman–Crippen LogP) is 15.4. The fraction of sp³-hybridized carbons (Fsp3) is 0.0755. The molecule has 0 aliphatic carbocycles. The number of rotatable bonds is 5. The highest BCUT2D eigenvalue weighted by Gasteiger charge is 2.37. The number of fused-ring (bicyclic) bond motifs is 6. The van der Waals surface area contributed by atoms with E-state index in [1.807, 2.05) is 132 Å². The zero-order chi connectivity index (χ0) is 43.1. The lowest BCUT2D eigenvalue weighted by Crippen LogP contribution is -2.11. The molecule has 0 N–H and O–H groups in total. The van der Waals surface area contributed by atoms with Crippen LogP contribution in [0.2, 0.25) is 0 Å². The molecule has 3 nitrogen and oxygen atoms in total. The monoisotopic (exact) mass is 825 g/mol. The summed E-state index contributed by atoms with van der Waals surface area (Å²) in [5.41, 5.74) is 6.57. The molecule has 0 saturated carbocycles. The van der Waals surface area contributed by atoms with Gasteiger partial charge in [0.15, 0.2) is 0 Å². The van der Waals surface area contributed by atoms with Crippen LogP contribution >= 0.6 is 0 Å². The molecule has 0 unspecified atom stereocenters. The molecular weight excluding hydrogens is 793 g/mol. The SMILES string of the molecule is Cc1cccc(-c2ccc3c(c2)c2ccccc2n3-c2cc(-c3cc(C(F)(F)F)cc(C(F)(F)F)c3)cc(-n3c4ccccc4c4cc(-c5cccc(C)c5)ccc43)c2C#N)c1. The second kappa shape index (κ2) is 14.3. The van der Waals surface area contributed by atoms with E-state index in [9.17, 15) is 31.6 Å². The molecule has 0 fully saturated rings. The molecule has 62 heavy (non-hydrogen) atoms. The quantitative estimate of drug-likeness (QED) is 0.159. The molecule has 0 bridgehead atoms. The van der Waals surface area contributed by atoms with E-state index in [2.05, 4.69) is 30.3 Å². The summed E-state index contributed by atoms with van der Waals surface area (Å²) >= 11 is 0. The first kappa shape index (κ1) is 38.6. The van der Waals surface area contributed by atoms with E-state index < -0.39 is 23.5 Å². The molecule has 0 aliphatic heterocycles. The second-order valence-electron chi connectivity index (χ2n) is 15.7. The number of nitriles is 1. The Kier molecular flexibility index (Phi) is 8.89. The largest absolute Gasteiger partial charge is 0.416 e. The number of alkyl halides is 6. The van der Waals surface area contributed by atoms with E-state index in [4.69, 9.17) is 0 Å². The normalized spacial score (nSPS) is 12.2. The summed E-state index contributed by atoms with van der Waals surface area (Å²) in [7, 11) is 0. The molecule has 0 atom stereocenters. The van der Waals surface area contributed by atoms with Crippen molar-refractivity contribution in [3.63, 3.8) is 0 Å². The van der Waals surface area contributed by atoms with Crippen LogP contribution in [0.25, 0.3) is 88.4 Å². The number of hydrogen-bond donors (Lipinski definition) is 0. The second-order valence-corrected chi connectivity index (χ2v) is 15.7. The highest BCUT2D eigenvalue weighted by molar-refractivity contribution is 6.12. The predicted molar refractivity (Wildman–Crippen MR) is 236 cm³/mol. The maximum absolute atomic E-state index is 14.4. The van der Waals surface area contributed by atoms with Gasteiger partial charge >= 0.3 is 12.4 Å². The van der Waals surface area contributed by atoms with E-state index in [-0.39, 0.29) is 22.8 Å². The molecule has 0 radical (unpaired) electrons. The Morgan fingerprint density at radius 3 is 1.21 bits per heavy atom. The third kappa shape index (κ3) is 6.47. The Balaban J connectivity index is 1.32. The van der Waals surface area contributed by atoms with Crippen molar-refractivity contribution in [3.05, 3.63) is 192 Å². The van der Waals surface area contributed by atoms with Gasteiger partial charge in [-0.25, -0.2) is 0 Å². The smallest absolute Gasteiger partial charge is 0.308 e. The molecule has 0 spiro atoms. The minimum atomic E-state index is -5.07. The lowest BCUT2D eigenvalue weighted by Gasteiger charge is -2.20. The Hall–Kier alpha value is -7.57. The van der Waals surface area contributed by atoms with Crippen molar-refractivity contribution < 1.29 is 26.3 Å². The summed E-state index contributed by atoms with van der Waals surface area (Å²) in [6, 6.07) is 50.6. The van der Waals surface area contributed by atoms with Gasteiger partial charge in [0, 0.05) is 21.5 Å². The molecule has 2 heterocycles. The van der Waals surface area contributed by atoms with Crippen molar-refractivity contribution in [3.8, 4) is 50.8 Å². The summed E-state index contributed by atoms with van der Waals surface area (Å²) in [6.45, 7) is 4.04. The third-order valence-electron chi connectivity index (χ3n) is 11.7. The minimum absolute atomic E-state index is 0.0650. The molecule has 0 amide bonds. The van der Waals surface area contributed by atoms with Crippen LogP contribution in [0, 0.1) is 25.2 Å². The number of hydrogen-bond acceptors (Lipinski definition) is 1. The van der Waals surface area contributed by atoms with Crippen molar-refractivity contribution in [2.75, 3.05) is 0 Å². The molecule has 10 rings (SSSR count). The molecule has 0 aliphatic rings. The zero-order valence-corrected chi connectivity index (χ0v) is 33.2. The maximum atomic E-state index is 14.4. The van der Waals surface area contributed by atoms with Crippen molar-refractivity contribution >= 4 is 43.6 Å². The zero-order valence-electron chi connectivity index (χ0n) is 33.2. The molecule has 0 saturated heterocycles. The van der Waals surface area contributed by atoms with E-state index in [0.29, 0.717) is 33.4 Å². The minimum Gasteiger partial charge on any atom is -0.308 e. The molecule has 302 valence electrons. The van der Waals surface area contributed by atoms with Gasteiger partial charge in [0.2, 0.25) is 0 Å². The number of nitrogens with zero attached hydrogens (tertiary/aromatic N) is 3. The Labute approximate surface area is 351 Å². The summed E-state index contributed by atoms with van der Waals surface area (Å²) in [6.07, 6.45) is -10.1. The number of para-hydroxylation sites is 2. The highest BCUT2D eigenvalue weighted by atomic mass is 19.4. The first-order valence-corrected chi connectivity index (χ1v) is 19.9. The van der Waals surface area contributed by atoms with Crippen LogP contribution in [0.3, 0.4) is 0 Å². The van der Waals surface area contributed by atoms with Gasteiger partial charge in [-0.05, 0) is 114 Å². The van der Waals surface area contributed by atoms with E-state index in [0.717, 1.165) is 67.1 Å². The number of aromatic nitrogens is 2. The third-order valence-corrected chi connectivity index (χ3v) is 11.7. The molecular formula is C53H33F6N3. The summed E-state index contributed by atoms with van der Waals surface area (Å²) in [5.74, 6) is 0. The fourth-order valence-corrected chi connectivity index (χ4v) is 8.84. The van der Waals surface area contributed by atoms with Gasteiger partial charge in [0.05, 0.1) is 44.6 Å². The first-order chi connectivity index (χ1) is 29.8. The average Bonchev–Trinajstić information content (AvgIpc) is 3.77. The first-order valence-electron chi connectivity index (χ1n) is 19.9. The van der Waals surface area contributed by atoms with Crippen LogP contribution in [-0.2, 0) is 12.4 Å². The van der Waals surface area contributed by atoms with Gasteiger partial charge in [-0.2, -0.15) is 31.6 Å². The van der Waals surface area contributed by atoms with Gasteiger partial charge in [-0.3, -0.25) is 0 Å².